The molecule has 2 heterocycles. The first-order chi connectivity index (χ1) is 8.45. The van der Waals surface area contributed by atoms with Crippen LogP contribution in [0, 0.1) is 6.92 Å². The number of ether oxygens (including phenoxy) is 1. The summed E-state index contributed by atoms with van der Waals surface area (Å²) in [5.74, 6) is 0. The van der Waals surface area contributed by atoms with E-state index >= 15 is 0 Å². The highest BCUT2D eigenvalue weighted by Crippen LogP contribution is 2.27. The maximum Gasteiger partial charge on any atom is 0.330 e. The zero-order valence-corrected chi connectivity index (χ0v) is 9.61. The number of H-pyrrole nitrogens is 1. The average Bonchev–Trinajstić information content (AvgIpc) is 2.61. The second kappa shape index (κ2) is 4.65. The van der Waals surface area contributed by atoms with Crippen LogP contribution in [0.1, 0.15) is 11.8 Å². The molecular formula is C10H14N2O6. The Labute approximate surface area is 101 Å². The summed E-state index contributed by atoms with van der Waals surface area (Å²) in [5, 5.41) is 28.3. The molecule has 18 heavy (non-hydrogen) atoms. The van der Waals surface area contributed by atoms with Crippen molar-refractivity contribution in [1.29, 1.82) is 0 Å². The number of aliphatic hydroxyl groups is 3. The van der Waals surface area contributed by atoms with Crippen LogP contribution in [0.4, 0.5) is 0 Å². The number of hydrogen-bond acceptors (Lipinski definition) is 6. The molecule has 0 spiro atoms. The normalized spacial score (nSPS) is 31.8. The first kappa shape index (κ1) is 13.0. The second-order valence-electron chi connectivity index (χ2n) is 4.21. The molecule has 0 saturated carbocycles. The van der Waals surface area contributed by atoms with Gasteiger partial charge in [0.2, 0.25) is 0 Å². The third-order valence-corrected chi connectivity index (χ3v) is 2.94. The molecule has 1 unspecified atom stereocenters. The summed E-state index contributed by atoms with van der Waals surface area (Å²) >= 11 is 0. The Morgan fingerprint density at radius 1 is 1.39 bits per heavy atom. The van der Waals surface area contributed by atoms with Crippen LogP contribution in [-0.2, 0) is 4.74 Å². The van der Waals surface area contributed by atoms with Crippen molar-refractivity contribution >= 4 is 0 Å². The number of aromatic amines is 1. The van der Waals surface area contributed by atoms with Crippen molar-refractivity contribution in [3.05, 3.63) is 32.6 Å². The number of hydrogen-bond donors (Lipinski definition) is 4. The lowest BCUT2D eigenvalue weighted by Gasteiger charge is -2.17. The topological polar surface area (TPSA) is 125 Å². The Kier molecular flexibility index (Phi) is 3.35. The van der Waals surface area contributed by atoms with Crippen molar-refractivity contribution in [2.24, 2.45) is 0 Å². The summed E-state index contributed by atoms with van der Waals surface area (Å²) in [5.41, 5.74) is -1.00. The van der Waals surface area contributed by atoms with Crippen LogP contribution in [0.5, 0.6) is 0 Å². The molecule has 4 atom stereocenters. The maximum absolute atomic E-state index is 11.6. The average molecular weight is 263 g/mol. The molecule has 8 nitrogen and oxygen atoms in total. The fourth-order valence-electron chi connectivity index (χ4n) is 1.88. The lowest BCUT2D eigenvalue weighted by molar-refractivity contribution is -0.0551. The highest BCUT2D eigenvalue weighted by atomic mass is 16.8. The molecule has 1 fully saturated rings. The van der Waals surface area contributed by atoms with Crippen LogP contribution < -0.4 is 11.2 Å². The van der Waals surface area contributed by atoms with Gasteiger partial charge in [-0.15, -0.1) is 0 Å². The van der Waals surface area contributed by atoms with Crippen molar-refractivity contribution in [3.8, 4) is 0 Å². The minimum Gasteiger partial charge on any atom is -0.394 e. The van der Waals surface area contributed by atoms with Crippen molar-refractivity contribution in [2.75, 3.05) is 6.61 Å². The lowest BCUT2D eigenvalue weighted by atomic mass is 10.4. The molecule has 2 rings (SSSR count). The van der Waals surface area contributed by atoms with Gasteiger partial charge in [-0.2, -0.15) is 0 Å². The standard InChI is InChI=1S/C10H14N2O6/c1-4-2-12(10(17)11-8(4)16)9-7(15)6(14)5(3-13)18-9/h2,5-7,9,13-15H,3H2,1H3,(H,11,16,17)/t5-,6+,7?,9-/m1/s1/i3+1,5+1,6+1,7+1,9+1. The smallest absolute Gasteiger partial charge is 0.330 e. The van der Waals surface area contributed by atoms with Gasteiger partial charge in [0.15, 0.2) is 6.23 Å². The van der Waals surface area contributed by atoms with Gasteiger partial charge in [0.1, 0.15) is 18.3 Å². The second-order valence-corrected chi connectivity index (χ2v) is 4.21. The van der Waals surface area contributed by atoms with Crippen LogP contribution in [-0.4, -0.2) is 49.8 Å². The van der Waals surface area contributed by atoms with Gasteiger partial charge in [-0.05, 0) is 6.92 Å². The van der Waals surface area contributed by atoms with E-state index in [1.807, 2.05) is 0 Å². The lowest BCUT2D eigenvalue weighted by Crippen LogP contribution is -2.38. The number of rotatable bonds is 2. The first-order valence-corrected chi connectivity index (χ1v) is 5.40. The van der Waals surface area contributed by atoms with E-state index in [0.29, 0.717) is 0 Å². The van der Waals surface area contributed by atoms with Crippen LogP contribution in [0.25, 0.3) is 0 Å². The van der Waals surface area contributed by atoms with E-state index < -0.39 is 42.4 Å². The van der Waals surface area contributed by atoms with Gasteiger partial charge >= 0.3 is 5.69 Å². The van der Waals surface area contributed by atoms with Crippen LogP contribution in [0.3, 0.4) is 0 Å². The number of aliphatic hydroxyl groups excluding tert-OH is 3. The van der Waals surface area contributed by atoms with Crippen LogP contribution in [0.15, 0.2) is 15.8 Å². The zero-order chi connectivity index (χ0) is 13.4. The molecule has 8 heteroatoms. The quantitative estimate of drug-likeness (QED) is 0.436. The van der Waals surface area contributed by atoms with Gasteiger partial charge in [-0.3, -0.25) is 14.3 Å². The predicted octanol–water partition coefficient (Wildman–Crippen LogP) is -2.54. The SMILES string of the molecule is Cc1cn([13C@@H]2O[13C@H]([13CH2]O)[13C@H](O)[13CH]2O)c(=O)[nH]c1=O. The van der Waals surface area contributed by atoms with Crippen molar-refractivity contribution in [2.45, 2.75) is 31.5 Å². The molecule has 4 N–H and O–H groups in total. The monoisotopic (exact) mass is 263 g/mol. The summed E-state index contributed by atoms with van der Waals surface area (Å²) < 4.78 is 6.17. The minimum atomic E-state index is -1.36. The Morgan fingerprint density at radius 2 is 2.06 bits per heavy atom. The molecule has 0 bridgehead atoms. The van der Waals surface area contributed by atoms with E-state index in [9.17, 15) is 19.8 Å². The molecule has 1 aromatic heterocycles. The Bertz CT molecular complexity index is 550. The molecule has 0 radical (unpaired) electrons. The van der Waals surface area contributed by atoms with E-state index in [-0.39, 0.29) is 5.56 Å². The van der Waals surface area contributed by atoms with Crippen molar-refractivity contribution in [1.82, 2.24) is 9.55 Å². The number of aromatic nitrogens is 2. The number of aryl methyl sites for hydroxylation is 1. The molecule has 100 valence electrons. The molecule has 0 aliphatic carbocycles. The number of nitrogens with zero attached hydrogens (tertiary/aromatic N) is 1. The van der Waals surface area contributed by atoms with Gasteiger partial charge in [0.05, 0.1) is 6.61 Å². The first-order valence-electron chi connectivity index (χ1n) is 5.40. The van der Waals surface area contributed by atoms with Gasteiger partial charge in [-0.25, -0.2) is 4.79 Å². The van der Waals surface area contributed by atoms with Gasteiger partial charge < -0.3 is 20.1 Å². The van der Waals surface area contributed by atoms with E-state index in [1.54, 1.807) is 0 Å². The molecule has 0 amide bonds. The molecular weight excluding hydrogens is 249 g/mol. The molecule has 1 aliphatic heterocycles. The summed E-state index contributed by atoms with van der Waals surface area (Å²) in [6, 6.07) is 0. The molecule has 0 aromatic carbocycles. The van der Waals surface area contributed by atoms with E-state index in [2.05, 4.69) is 4.98 Å². The van der Waals surface area contributed by atoms with E-state index in [4.69, 9.17) is 9.84 Å². The fourth-order valence-corrected chi connectivity index (χ4v) is 1.88. The summed E-state index contributed by atoms with van der Waals surface area (Å²) in [6.07, 6.45) is -3.52. The Hall–Kier alpha value is -1.48. The summed E-state index contributed by atoms with van der Waals surface area (Å²) in [7, 11) is 0. The third kappa shape index (κ3) is 1.99. The van der Waals surface area contributed by atoms with Crippen LogP contribution >= 0.6 is 0 Å². The van der Waals surface area contributed by atoms with Gasteiger partial charge in [-0.1, -0.05) is 0 Å². The predicted molar refractivity (Wildman–Crippen MR) is 59.1 cm³/mol. The number of nitrogens with one attached hydrogen (secondary N) is 1. The highest BCUT2D eigenvalue weighted by molar-refractivity contribution is 5.03. The van der Waals surface area contributed by atoms with Gasteiger partial charge in [0, 0.05) is 11.8 Å². The molecule has 1 aromatic rings. The highest BCUT2D eigenvalue weighted by Gasteiger charge is 2.43. The largest absolute Gasteiger partial charge is 0.394 e. The minimum absolute atomic E-state index is 0.271. The fraction of sp³-hybridized carbons (Fsp3) is 0.600. The maximum atomic E-state index is 11.6. The van der Waals surface area contributed by atoms with E-state index in [0.717, 1.165) is 4.57 Å². The van der Waals surface area contributed by atoms with E-state index in [1.165, 1.54) is 13.1 Å². The van der Waals surface area contributed by atoms with Gasteiger partial charge in [0.25, 0.3) is 5.56 Å². The zero-order valence-electron chi connectivity index (χ0n) is 9.61. The summed E-state index contributed by atoms with van der Waals surface area (Å²) in [6.45, 7) is 1.02. The van der Waals surface area contributed by atoms with Crippen molar-refractivity contribution in [3.63, 3.8) is 0 Å². The Balaban J connectivity index is 2.42. The third-order valence-electron chi connectivity index (χ3n) is 2.94. The molecule has 1 saturated heterocycles. The van der Waals surface area contributed by atoms with Crippen molar-refractivity contribution < 1.29 is 20.1 Å². The summed E-state index contributed by atoms with van der Waals surface area (Å²) in [4.78, 5) is 24.9. The molecule has 1 aliphatic rings. The Morgan fingerprint density at radius 3 is 2.61 bits per heavy atom. The van der Waals surface area contributed by atoms with Crippen LogP contribution in [0.2, 0.25) is 0 Å².